The van der Waals surface area contributed by atoms with E-state index in [1.807, 2.05) is 0 Å². The van der Waals surface area contributed by atoms with Crippen LogP contribution in [0.4, 0.5) is 5.69 Å². The molecule has 0 aromatic carbocycles. The molecule has 1 aliphatic heterocycles. The van der Waals surface area contributed by atoms with Crippen LogP contribution < -0.4 is 16.0 Å². The number of H-pyrrole nitrogens is 1. The summed E-state index contributed by atoms with van der Waals surface area (Å²) in [5.41, 5.74) is 5.21. The Morgan fingerprint density at radius 3 is 3.06 bits per heavy atom. The Labute approximate surface area is 92.8 Å². The summed E-state index contributed by atoms with van der Waals surface area (Å²) >= 11 is 0. The number of aromatic amines is 1. The number of nitrogens with zero attached hydrogens (tertiary/aromatic N) is 1. The average Bonchev–Trinajstić information content (AvgIpc) is 2.32. The molecule has 1 aromatic heterocycles. The van der Waals surface area contributed by atoms with Crippen LogP contribution in [0.5, 0.6) is 5.88 Å². The Balaban J connectivity index is 1.93. The normalized spacial score (nSPS) is 17.2. The lowest BCUT2D eigenvalue weighted by molar-refractivity contribution is 0.0491. The van der Waals surface area contributed by atoms with E-state index in [1.165, 1.54) is 6.33 Å². The molecule has 0 amide bonds. The number of ether oxygens (including phenoxy) is 2. The first-order valence-electron chi connectivity index (χ1n) is 5.31. The van der Waals surface area contributed by atoms with Crippen molar-refractivity contribution in [3.63, 3.8) is 0 Å². The topological polar surface area (TPSA) is 90.2 Å². The molecule has 88 valence electrons. The van der Waals surface area contributed by atoms with E-state index < -0.39 is 0 Å². The first-order chi connectivity index (χ1) is 7.77. The molecular weight excluding hydrogens is 210 g/mol. The second-order valence-electron chi connectivity index (χ2n) is 3.82. The third-order valence-electron chi connectivity index (χ3n) is 2.65. The highest BCUT2D eigenvalue weighted by atomic mass is 16.5. The van der Waals surface area contributed by atoms with Gasteiger partial charge in [-0.2, -0.15) is 0 Å². The Hall–Kier alpha value is -1.56. The van der Waals surface area contributed by atoms with Crippen molar-refractivity contribution in [3.05, 3.63) is 16.7 Å². The molecule has 2 rings (SSSR count). The minimum atomic E-state index is -0.364. The molecule has 1 aromatic rings. The predicted octanol–water partition coefficient (Wildman–Crippen LogP) is 0.158. The molecule has 16 heavy (non-hydrogen) atoms. The zero-order valence-corrected chi connectivity index (χ0v) is 8.94. The quantitative estimate of drug-likeness (QED) is 0.764. The molecular formula is C10H15N3O3. The fourth-order valence-electron chi connectivity index (χ4n) is 1.62. The Morgan fingerprint density at radius 2 is 2.31 bits per heavy atom. The SMILES string of the molecule is Nc1c(OCC2CCOCC2)nc[nH]c1=O. The van der Waals surface area contributed by atoms with Crippen LogP contribution in [-0.4, -0.2) is 29.8 Å². The van der Waals surface area contributed by atoms with Gasteiger partial charge in [-0.25, -0.2) is 4.98 Å². The maximum atomic E-state index is 11.2. The molecule has 1 fully saturated rings. The van der Waals surface area contributed by atoms with Crippen LogP contribution in [0, 0.1) is 5.92 Å². The third kappa shape index (κ3) is 2.52. The summed E-state index contributed by atoms with van der Waals surface area (Å²) in [6.07, 6.45) is 3.24. The van der Waals surface area contributed by atoms with Crippen LogP contribution in [-0.2, 0) is 4.74 Å². The Bertz CT molecular complexity index is 399. The van der Waals surface area contributed by atoms with Crippen molar-refractivity contribution in [2.24, 2.45) is 5.92 Å². The molecule has 1 saturated heterocycles. The van der Waals surface area contributed by atoms with Gasteiger partial charge >= 0.3 is 0 Å². The van der Waals surface area contributed by atoms with Crippen LogP contribution in [0.2, 0.25) is 0 Å². The first kappa shape index (κ1) is 10.9. The van der Waals surface area contributed by atoms with Gasteiger partial charge in [0.1, 0.15) is 0 Å². The maximum absolute atomic E-state index is 11.2. The average molecular weight is 225 g/mol. The van der Waals surface area contributed by atoms with Crippen LogP contribution in [0.15, 0.2) is 11.1 Å². The predicted molar refractivity (Wildman–Crippen MR) is 58.3 cm³/mol. The van der Waals surface area contributed by atoms with Crippen LogP contribution in [0.25, 0.3) is 0 Å². The molecule has 0 bridgehead atoms. The lowest BCUT2D eigenvalue weighted by Gasteiger charge is -2.21. The third-order valence-corrected chi connectivity index (χ3v) is 2.65. The van der Waals surface area contributed by atoms with Gasteiger partial charge in [-0.3, -0.25) is 4.79 Å². The van der Waals surface area contributed by atoms with Crippen molar-refractivity contribution in [2.75, 3.05) is 25.6 Å². The number of nitrogen functional groups attached to an aromatic ring is 1. The summed E-state index contributed by atoms with van der Waals surface area (Å²) in [5, 5.41) is 0. The van der Waals surface area contributed by atoms with E-state index in [2.05, 4.69) is 9.97 Å². The molecule has 3 N–H and O–H groups in total. The van der Waals surface area contributed by atoms with Crippen LogP contribution in [0.1, 0.15) is 12.8 Å². The van der Waals surface area contributed by atoms with E-state index in [0.717, 1.165) is 26.1 Å². The minimum absolute atomic E-state index is 0.0366. The molecule has 0 saturated carbocycles. The zero-order valence-electron chi connectivity index (χ0n) is 8.94. The monoisotopic (exact) mass is 225 g/mol. The minimum Gasteiger partial charge on any atom is -0.476 e. The van der Waals surface area contributed by atoms with Gasteiger partial charge < -0.3 is 20.2 Å². The molecule has 0 spiro atoms. The fraction of sp³-hybridized carbons (Fsp3) is 0.600. The highest BCUT2D eigenvalue weighted by Crippen LogP contribution is 2.18. The summed E-state index contributed by atoms with van der Waals surface area (Å²) in [7, 11) is 0. The second-order valence-corrected chi connectivity index (χ2v) is 3.82. The number of anilines is 1. The van der Waals surface area contributed by atoms with Gasteiger partial charge in [0.15, 0.2) is 5.69 Å². The van der Waals surface area contributed by atoms with E-state index >= 15 is 0 Å². The van der Waals surface area contributed by atoms with Gasteiger partial charge in [0.05, 0.1) is 12.9 Å². The number of nitrogens with one attached hydrogen (secondary N) is 1. The van der Waals surface area contributed by atoms with Crippen molar-refractivity contribution in [3.8, 4) is 5.88 Å². The second kappa shape index (κ2) is 4.98. The highest BCUT2D eigenvalue weighted by molar-refractivity contribution is 5.44. The zero-order chi connectivity index (χ0) is 11.4. The molecule has 0 unspecified atom stereocenters. The Morgan fingerprint density at radius 1 is 1.56 bits per heavy atom. The van der Waals surface area contributed by atoms with Gasteiger partial charge in [-0.15, -0.1) is 0 Å². The highest BCUT2D eigenvalue weighted by Gasteiger charge is 2.15. The van der Waals surface area contributed by atoms with Gasteiger partial charge in [-0.05, 0) is 18.8 Å². The molecule has 2 heterocycles. The number of hydrogen-bond acceptors (Lipinski definition) is 5. The Kier molecular flexibility index (Phi) is 3.40. The first-order valence-corrected chi connectivity index (χ1v) is 5.31. The van der Waals surface area contributed by atoms with E-state index in [0.29, 0.717) is 12.5 Å². The van der Waals surface area contributed by atoms with Gasteiger partial charge in [-0.1, -0.05) is 0 Å². The van der Waals surface area contributed by atoms with Gasteiger partial charge in [0.2, 0.25) is 5.88 Å². The molecule has 6 heteroatoms. The lowest BCUT2D eigenvalue weighted by Crippen LogP contribution is -2.23. The summed E-state index contributed by atoms with van der Waals surface area (Å²) < 4.78 is 10.7. The van der Waals surface area contributed by atoms with Crippen molar-refractivity contribution in [1.82, 2.24) is 9.97 Å². The van der Waals surface area contributed by atoms with E-state index in [4.69, 9.17) is 15.2 Å². The van der Waals surface area contributed by atoms with Crippen molar-refractivity contribution in [2.45, 2.75) is 12.8 Å². The smallest absolute Gasteiger partial charge is 0.277 e. The lowest BCUT2D eigenvalue weighted by atomic mass is 10.0. The number of aromatic nitrogens is 2. The van der Waals surface area contributed by atoms with Crippen LogP contribution in [0.3, 0.4) is 0 Å². The van der Waals surface area contributed by atoms with Gasteiger partial charge in [0, 0.05) is 13.2 Å². The summed E-state index contributed by atoms with van der Waals surface area (Å²) in [5.74, 6) is 0.671. The number of hydrogen-bond donors (Lipinski definition) is 2. The maximum Gasteiger partial charge on any atom is 0.277 e. The fourth-order valence-corrected chi connectivity index (χ4v) is 1.62. The molecule has 0 aliphatic carbocycles. The summed E-state index contributed by atoms with van der Waals surface area (Å²) in [6.45, 7) is 2.07. The molecule has 0 atom stereocenters. The van der Waals surface area contributed by atoms with Crippen molar-refractivity contribution in [1.29, 1.82) is 0 Å². The van der Waals surface area contributed by atoms with E-state index in [9.17, 15) is 4.79 Å². The number of nitrogens with two attached hydrogens (primary N) is 1. The number of rotatable bonds is 3. The summed E-state index contributed by atoms with van der Waals surface area (Å²) in [4.78, 5) is 17.4. The largest absolute Gasteiger partial charge is 0.476 e. The molecule has 0 radical (unpaired) electrons. The molecule has 1 aliphatic rings. The standard InChI is InChI=1S/C10H15N3O3/c11-8-9(14)12-6-13-10(8)16-5-7-1-3-15-4-2-7/h6-7H,1-5,11H2,(H,12,13,14). The van der Waals surface area contributed by atoms with Gasteiger partial charge in [0.25, 0.3) is 5.56 Å². The van der Waals surface area contributed by atoms with E-state index in [1.54, 1.807) is 0 Å². The summed E-state index contributed by atoms with van der Waals surface area (Å²) in [6, 6.07) is 0. The van der Waals surface area contributed by atoms with Crippen molar-refractivity contribution < 1.29 is 9.47 Å². The van der Waals surface area contributed by atoms with Crippen LogP contribution >= 0.6 is 0 Å². The van der Waals surface area contributed by atoms with E-state index in [-0.39, 0.29) is 17.1 Å². The molecule has 6 nitrogen and oxygen atoms in total. The van der Waals surface area contributed by atoms with Crippen molar-refractivity contribution >= 4 is 5.69 Å².